The molecule has 6 heteroatoms. The summed E-state index contributed by atoms with van der Waals surface area (Å²) >= 11 is 0. The number of carbonyl (C=O) groups excluding carboxylic acids is 1. The molecule has 29 heavy (non-hydrogen) atoms. The number of aryl methyl sites for hydroxylation is 2. The van der Waals surface area contributed by atoms with Crippen molar-refractivity contribution in [2.24, 2.45) is 0 Å². The topological polar surface area (TPSA) is 75.3 Å². The molecule has 3 rings (SSSR count). The van der Waals surface area contributed by atoms with E-state index in [0.29, 0.717) is 17.8 Å². The van der Waals surface area contributed by atoms with Gasteiger partial charge in [0.2, 0.25) is 5.91 Å². The highest BCUT2D eigenvalue weighted by Gasteiger charge is 2.13. The number of carbonyl (C=O) groups is 1. The summed E-state index contributed by atoms with van der Waals surface area (Å²) in [5, 5.41) is 2.84. The zero-order chi connectivity index (χ0) is 20.7. The lowest BCUT2D eigenvalue weighted by atomic mass is 10.1. The molecule has 0 unspecified atom stereocenters. The van der Waals surface area contributed by atoms with Gasteiger partial charge in [0.1, 0.15) is 0 Å². The summed E-state index contributed by atoms with van der Waals surface area (Å²) in [6, 6.07) is 23.3. The maximum Gasteiger partial charge on any atom is 0.261 e. The third-order valence-electron chi connectivity index (χ3n) is 4.46. The molecule has 0 bridgehead atoms. The fourth-order valence-electron chi connectivity index (χ4n) is 2.87. The molecular formula is C23H24N2O3S. The minimum atomic E-state index is -3.64. The Morgan fingerprint density at radius 2 is 1.45 bits per heavy atom. The molecule has 1 amide bonds. The minimum absolute atomic E-state index is 0.0612. The van der Waals surface area contributed by atoms with Crippen LogP contribution in [-0.2, 0) is 21.2 Å². The predicted octanol–water partition coefficient (Wildman–Crippen LogP) is 4.76. The molecule has 0 aliphatic rings. The first-order valence-corrected chi connectivity index (χ1v) is 10.9. The Morgan fingerprint density at radius 1 is 0.828 bits per heavy atom. The van der Waals surface area contributed by atoms with E-state index >= 15 is 0 Å². The van der Waals surface area contributed by atoms with Crippen LogP contribution in [0, 0.1) is 6.92 Å². The zero-order valence-corrected chi connectivity index (χ0v) is 17.1. The van der Waals surface area contributed by atoms with E-state index in [4.69, 9.17) is 0 Å². The summed E-state index contributed by atoms with van der Waals surface area (Å²) in [5.41, 5.74) is 3.28. The van der Waals surface area contributed by atoms with Gasteiger partial charge >= 0.3 is 0 Å². The minimum Gasteiger partial charge on any atom is -0.326 e. The first kappa shape index (κ1) is 20.6. The van der Waals surface area contributed by atoms with Gasteiger partial charge in [-0.2, -0.15) is 0 Å². The van der Waals surface area contributed by atoms with E-state index in [1.807, 2.05) is 37.3 Å². The number of rotatable bonds is 8. The van der Waals surface area contributed by atoms with Gasteiger partial charge in [-0.1, -0.05) is 48.0 Å². The van der Waals surface area contributed by atoms with Crippen LogP contribution in [-0.4, -0.2) is 14.3 Å². The quantitative estimate of drug-likeness (QED) is 0.564. The first-order valence-electron chi connectivity index (χ1n) is 9.46. The SMILES string of the molecule is Cc1ccc(S(=O)(=O)Nc2ccc(NC(=O)CCCc3ccccc3)cc2)cc1. The molecule has 2 N–H and O–H groups in total. The molecule has 3 aromatic rings. The molecule has 0 heterocycles. The third-order valence-corrected chi connectivity index (χ3v) is 5.86. The molecule has 0 saturated carbocycles. The average Bonchev–Trinajstić information content (AvgIpc) is 2.70. The van der Waals surface area contributed by atoms with Crippen molar-refractivity contribution in [3.63, 3.8) is 0 Å². The Kier molecular flexibility index (Phi) is 6.67. The summed E-state index contributed by atoms with van der Waals surface area (Å²) < 4.78 is 27.4. The molecule has 0 atom stereocenters. The first-order chi connectivity index (χ1) is 13.9. The Balaban J connectivity index is 1.51. The van der Waals surface area contributed by atoms with Gasteiger partial charge in [-0.15, -0.1) is 0 Å². The Labute approximate surface area is 171 Å². The van der Waals surface area contributed by atoms with Crippen LogP contribution in [0.15, 0.2) is 83.8 Å². The normalized spacial score (nSPS) is 11.1. The number of benzene rings is 3. The van der Waals surface area contributed by atoms with Crippen LogP contribution in [0.1, 0.15) is 24.0 Å². The van der Waals surface area contributed by atoms with Gasteiger partial charge in [-0.3, -0.25) is 9.52 Å². The van der Waals surface area contributed by atoms with E-state index < -0.39 is 10.0 Å². The highest BCUT2D eigenvalue weighted by molar-refractivity contribution is 7.92. The van der Waals surface area contributed by atoms with Crippen molar-refractivity contribution in [1.82, 2.24) is 0 Å². The fraction of sp³-hybridized carbons (Fsp3) is 0.174. The van der Waals surface area contributed by atoms with Crippen LogP contribution in [0.2, 0.25) is 0 Å². The third kappa shape index (κ3) is 6.19. The number of amides is 1. The average molecular weight is 409 g/mol. The van der Waals surface area contributed by atoms with Crippen LogP contribution >= 0.6 is 0 Å². The van der Waals surface area contributed by atoms with Crippen molar-refractivity contribution >= 4 is 27.3 Å². The van der Waals surface area contributed by atoms with Crippen LogP contribution in [0.25, 0.3) is 0 Å². The van der Waals surface area contributed by atoms with Crippen molar-refractivity contribution in [3.8, 4) is 0 Å². The van der Waals surface area contributed by atoms with E-state index in [2.05, 4.69) is 10.0 Å². The second-order valence-corrected chi connectivity index (χ2v) is 8.57. The van der Waals surface area contributed by atoms with Gasteiger partial charge in [0.25, 0.3) is 10.0 Å². The molecule has 150 valence electrons. The molecule has 3 aromatic carbocycles. The Morgan fingerprint density at radius 3 is 2.10 bits per heavy atom. The van der Waals surface area contributed by atoms with Crippen molar-refractivity contribution in [2.45, 2.75) is 31.1 Å². The smallest absolute Gasteiger partial charge is 0.261 e. The lowest BCUT2D eigenvalue weighted by Crippen LogP contribution is -2.13. The van der Waals surface area contributed by atoms with Crippen molar-refractivity contribution in [3.05, 3.63) is 90.0 Å². The lowest BCUT2D eigenvalue weighted by molar-refractivity contribution is -0.116. The summed E-state index contributed by atoms with van der Waals surface area (Å²) in [5.74, 6) is -0.0612. The summed E-state index contributed by atoms with van der Waals surface area (Å²) in [6.07, 6.45) is 2.05. The van der Waals surface area contributed by atoms with Gasteiger partial charge in [-0.05, 0) is 61.7 Å². The summed E-state index contributed by atoms with van der Waals surface area (Å²) in [6.45, 7) is 1.90. The molecule has 0 aromatic heterocycles. The predicted molar refractivity (Wildman–Crippen MR) is 116 cm³/mol. The van der Waals surface area contributed by atoms with Crippen molar-refractivity contribution < 1.29 is 13.2 Å². The molecule has 0 aliphatic carbocycles. The van der Waals surface area contributed by atoms with E-state index in [9.17, 15) is 13.2 Å². The molecule has 0 fully saturated rings. The second kappa shape index (κ2) is 9.39. The van der Waals surface area contributed by atoms with E-state index in [-0.39, 0.29) is 10.8 Å². The summed E-state index contributed by atoms with van der Waals surface area (Å²) in [4.78, 5) is 12.3. The monoisotopic (exact) mass is 408 g/mol. The second-order valence-electron chi connectivity index (χ2n) is 6.88. The molecule has 0 spiro atoms. The van der Waals surface area contributed by atoms with Gasteiger partial charge in [0.05, 0.1) is 4.90 Å². The fourth-order valence-corrected chi connectivity index (χ4v) is 3.93. The molecule has 0 aliphatic heterocycles. The standard InChI is InChI=1S/C23H24N2O3S/c1-18-10-16-22(17-11-18)29(27,28)25-21-14-12-20(13-15-21)24-23(26)9-5-8-19-6-3-2-4-7-19/h2-4,6-7,10-17,25H,5,8-9H2,1H3,(H,24,26). The largest absolute Gasteiger partial charge is 0.326 e. The molecule has 5 nitrogen and oxygen atoms in total. The Hall–Kier alpha value is -3.12. The van der Waals surface area contributed by atoms with E-state index in [0.717, 1.165) is 18.4 Å². The van der Waals surface area contributed by atoms with Crippen molar-refractivity contribution in [1.29, 1.82) is 0 Å². The van der Waals surface area contributed by atoms with Gasteiger partial charge in [-0.25, -0.2) is 8.42 Å². The van der Waals surface area contributed by atoms with Gasteiger partial charge in [0.15, 0.2) is 0 Å². The summed E-state index contributed by atoms with van der Waals surface area (Å²) in [7, 11) is -3.64. The van der Waals surface area contributed by atoms with Crippen LogP contribution < -0.4 is 10.0 Å². The van der Waals surface area contributed by atoms with Crippen molar-refractivity contribution in [2.75, 3.05) is 10.0 Å². The van der Waals surface area contributed by atoms with Crippen LogP contribution in [0.3, 0.4) is 0 Å². The highest BCUT2D eigenvalue weighted by atomic mass is 32.2. The van der Waals surface area contributed by atoms with E-state index in [1.165, 1.54) is 5.56 Å². The zero-order valence-electron chi connectivity index (χ0n) is 16.3. The maximum atomic E-state index is 12.4. The molecule has 0 radical (unpaired) electrons. The van der Waals surface area contributed by atoms with E-state index in [1.54, 1.807) is 48.5 Å². The number of sulfonamides is 1. The molecular weight excluding hydrogens is 384 g/mol. The number of anilines is 2. The molecule has 0 saturated heterocycles. The Bertz CT molecular complexity index is 1050. The number of hydrogen-bond acceptors (Lipinski definition) is 3. The maximum absolute atomic E-state index is 12.4. The highest BCUT2D eigenvalue weighted by Crippen LogP contribution is 2.19. The van der Waals surface area contributed by atoms with Crippen LogP contribution in [0.5, 0.6) is 0 Å². The van der Waals surface area contributed by atoms with Gasteiger partial charge in [0, 0.05) is 17.8 Å². The number of hydrogen-bond donors (Lipinski definition) is 2. The van der Waals surface area contributed by atoms with Gasteiger partial charge < -0.3 is 5.32 Å². The lowest BCUT2D eigenvalue weighted by Gasteiger charge is -2.10. The number of nitrogens with one attached hydrogen (secondary N) is 2. The van der Waals surface area contributed by atoms with Crippen LogP contribution in [0.4, 0.5) is 11.4 Å².